The summed E-state index contributed by atoms with van der Waals surface area (Å²) in [6, 6.07) is 8.05. The van der Waals surface area contributed by atoms with Gasteiger partial charge < -0.3 is 19.9 Å². The number of aliphatic hydroxyl groups is 1. The first-order valence-corrected chi connectivity index (χ1v) is 7.50. The Bertz CT molecular complexity index is 424. The van der Waals surface area contributed by atoms with Gasteiger partial charge in [0.1, 0.15) is 12.4 Å². The summed E-state index contributed by atoms with van der Waals surface area (Å²) in [6.07, 6.45) is 3.58. The Morgan fingerprint density at radius 1 is 1.29 bits per heavy atom. The number of nitrogens with one attached hydrogen (secondary N) is 1. The normalized spacial score (nSPS) is 17.4. The third kappa shape index (κ3) is 4.84. The van der Waals surface area contributed by atoms with Crippen LogP contribution in [0, 0.1) is 5.41 Å². The SMILES string of the molecule is C=CCOc1ccc(CNCC2(CO)CCOCC2)cc1. The first kappa shape index (κ1) is 16.0. The summed E-state index contributed by atoms with van der Waals surface area (Å²) in [7, 11) is 0. The van der Waals surface area contributed by atoms with Gasteiger partial charge in [0.2, 0.25) is 0 Å². The highest BCUT2D eigenvalue weighted by atomic mass is 16.5. The first-order chi connectivity index (χ1) is 10.3. The van der Waals surface area contributed by atoms with Crippen LogP contribution in [0.2, 0.25) is 0 Å². The van der Waals surface area contributed by atoms with E-state index in [9.17, 15) is 5.11 Å². The summed E-state index contributed by atoms with van der Waals surface area (Å²) in [5.41, 5.74) is 1.19. The zero-order valence-electron chi connectivity index (χ0n) is 12.5. The second kappa shape index (κ2) is 8.17. The van der Waals surface area contributed by atoms with Crippen LogP contribution < -0.4 is 10.1 Å². The smallest absolute Gasteiger partial charge is 0.119 e. The van der Waals surface area contributed by atoms with E-state index < -0.39 is 0 Å². The molecular weight excluding hydrogens is 266 g/mol. The van der Waals surface area contributed by atoms with E-state index in [1.165, 1.54) is 5.56 Å². The lowest BCUT2D eigenvalue weighted by Gasteiger charge is -2.35. The molecule has 0 unspecified atom stereocenters. The number of aliphatic hydroxyl groups excluding tert-OH is 1. The van der Waals surface area contributed by atoms with Gasteiger partial charge in [-0.15, -0.1) is 0 Å². The van der Waals surface area contributed by atoms with Crippen LogP contribution in [-0.2, 0) is 11.3 Å². The third-order valence-corrected chi connectivity index (χ3v) is 4.01. The van der Waals surface area contributed by atoms with E-state index in [0.717, 1.165) is 44.9 Å². The molecule has 0 spiro atoms. The van der Waals surface area contributed by atoms with Gasteiger partial charge in [-0.25, -0.2) is 0 Å². The fourth-order valence-corrected chi connectivity index (χ4v) is 2.53. The molecule has 1 aromatic carbocycles. The molecule has 1 aliphatic rings. The Morgan fingerprint density at radius 3 is 2.62 bits per heavy atom. The van der Waals surface area contributed by atoms with Crippen LogP contribution in [0.5, 0.6) is 5.75 Å². The molecular formula is C17H25NO3. The highest BCUT2D eigenvalue weighted by Crippen LogP contribution is 2.29. The second-order valence-electron chi connectivity index (χ2n) is 5.62. The van der Waals surface area contributed by atoms with Gasteiger partial charge in [-0.3, -0.25) is 0 Å². The van der Waals surface area contributed by atoms with Crippen LogP contribution in [0.4, 0.5) is 0 Å². The maximum atomic E-state index is 9.64. The lowest BCUT2D eigenvalue weighted by atomic mass is 9.81. The standard InChI is InChI=1S/C17H25NO3/c1-2-9-21-16-5-3-15(4-6-16)12-18-13-17(14-19)7-10-20-11-8-17/h2-6,18-19H,1,7-14H2. The second-order valence-corrected chi connectivity index (χ2v) is 5.62. The van der Waals surface area contributed by atoms with Gasteiger partial charge in [0.05, 0.1) is 6.61 Å². The summed E-state index contributed by atoms with van der Waals surface area (Å²) in [5.74, 6) is 0.856. The zero-order valence-corrected chi connectivity index (χ0v) is 12.5. The van der Waals surface area contributed by atoms with Crippen molar-refractivity contribution in [3.05, 3.63) is 42.5 Å². The average molecular weight is 291 g/mol. The Kier molecular flexibility index (Phi) is 6.23. The molecule has 1 saturated heterocycles. The van der Waals surface area contributed by atoms with Crippen molar-refractivity contribution >= 4 is 0 Å². The van der Waals surface area contributed by atoms with Gasteiger partial charge in [-0.05, 0) is 30.5 Å². The molecule has 0 amide bonds. The molecule has 0 radical (unpaired) electrons. The van der Waals surface area contributed by atoms with Crippen molar-refractivity contribution in [3.8, 4) is 5.75 Å². The van der Waals surface area contributed by atoms with E-state index in [1.807, 2.05) is 12.1 Å². The molecule has 2 N–H and O–H groups in total. The van der Waals surface area contributed by atoms with E-state index in [2.05, 4.69) is 24.0 Å². The van der Waals surface area contributed by atoms with Gasteiger partial charge in [0, 0.05) is 31.7 Å². The number of ether oxygens (including phenoxy) is 2. The Balaban J connectivity index is 1.78. The molecule has 0 saturated carbocycles. The molecule has 1 fully saturated rings. The number of rotatable bonds is 8. The highest BCUT2D eigenvalue weighted by Gasteiger charge is 2.31. The molecule has 1 heterocycles. The highest BCUT2D eigenvalue weighted by molar-refractivity contribution is 5.27. The van der Waals surface area contributed by atoms with E-state index >= 15 is 0 Å². The Morgan fingerprint density at radius 2 is 2.00 bits per heavy atom. The van der Waals surface area contributed by atoms with Gasteiger partial charge >= 0.3 is 0 Å². The fraction of sp³-hybridized carbons (Fsp3) is 0.529. The van der Waals surface area contributed by atoms with Crippen molar-refractivity contribution in [2.24, 2.45) is 5.41 Å². The first-order valence-electron chi connectivity index (χ1n) is 7.50. The van der Waals surface area contributed by atoms with Crippen molar-refractivity contribution in [1.29, 1.82) is 0 Å². The molecule has 0 aromatic heterocycles. The molecule has 0 aliphatic carbocycles. The van der Waals surface area contributed by atoms with E-state index in [4.69, 9.17) is 9.47 Å². The van der Waals surface area contributed by atoms with E-state index in [-0.39, 0.29) is 12.0 Å². The van der Waals surface area contributed by atoms with Crippen LogP contribution in [0.3, 0.4) is 0 Å². The molecule has 4 nitrogen and oxygen atoms in total. The average Bonchev–Trinajstić information content (AvgIpc) is 2.55. The molecule has 1 aliphatic heterocycles. The lowest BCUT2D eigenvalue weighted by molar-refractivity contribution is -0.0154. The fourth-order valence-electron chi connectivity index (χ4n) is 2.53. The maximum absolute atomic E-state index is 9.64. The van der Waals surface area contributed by atoms with E-state index in [1.54, 1.807) is 6.08 Å². The predicted octanol–water partition coefficient (Wildman–Crippen LogP) is 2.13. The quantitative estimate of drug-likeness (QED) is 0.721. The maximum Gasteiger partial charge on any atom is 0.119 e. The summed E-state index contributed by atoms with van der Waals surface area (Å²) in [6.45, 7) is 7.49. The molecule has 21 heavy (non-hydrogen) atoms. The van der Waals surface area contributed by atoms with Crippen LogP contribution in [0.15, 0.2) is 36.9 Å². The zero-order chi connectivity index (χ0) is 15.0. The molecule has 0 bridgehead atoms. The number of hydrogen-bond acceptors (Lipinski definition) is 4. The Labute approximate surface area is 126 Å². The number of hydrogen-bond donors (Lipinski definition) is 2. The van der Waals surface area contributed by atoms with Crippen LogP contribution >= 0.6 is 0 Å². The van der Waals surface area contributed by atoms with Gasteiger partial charge in [-0.1, -0.05) is 24.8 Å². The molecule has 2 rings (SSSR count). The monoisotopic (exact) mass is 291 g/mol. The summed E-state index contributed by atoms with van der Waals surface area (Å²) >= 11 is 0. The minimum absolute atomic E-state index is 0.0226. The van der Waals surface area contributed by atoms with Gasteiger partial charge in [0.15, 0.2) is 0 Å². The third-order valence-electron chi connectivity index (χ3n) is 4.01. The molecule has 0 atom stereocenters. The van der Waals surface area contributed by atoms with Crippen molar-refractivity contribution in [2.75, 3.05) is 33.0 Å². The van der Waals surface area contributed by atoms with Crippen molar-refractivity contribution < 1.29 is 14.6 Å². The van der Waals surface area contributed by atoms with Crippen molar-refractivity contribution in [3.63, 3.8) is 0 Å². The molecule has 1 aromatic rings. The minimum Gasteiger partial charge on any atom is -0.490 e. The predicted molar refractivity (Wildman–Crippen MR) is 83.4 cm³/mol. The Hall–Kier alpha value is -1.36. The minimum atomic E-state index is -0.0226. The lowest BCUT2D eigenvalue weighted by Crippen LogP contribution is -2.41. The van der Waals surface area contributed by atoms with Crippen LogP contribution in [0.25, 0.3) is 0 Å². The summed E-state index contributed by atoms with van der Waals surface area (Å²) < 4.78 is 10.8. The van der Waals surface area contributed by atoms with Crippen molar-refractivity contribution in [2.45, 2.75) is 19.4 Å². The molecule has 116 valence electrons. The molecule has 4 heteroatoms. The van der Waals surface area contributed by atoms with Crippen LogP contribution in [0.1, 0.15) is 18.4 Å². The number of benzene rings is 1. The topological polar surface area (TPSA) is 50.7 Å². The van der Waals surface area contributed by atoms with Crippen LogP contribution in [-0.4, -0.2) is 38.1 Å². The van der Waals surface area contributed by atoms with Gasteiger partial charge in [-0.2, -0.15) is 0 Å². The summed E-state index contributed by atoms with van der Waals surface area (Å²) in [4.78, 5) is 0. The largest absolute Gasteiger partial charge is 0.490 e. The summed E-state index contributed by atoms with van der Waals surface area (Å²) in [5, 5.41) is 13.1. The van der Waals surface area contributed by atoms with Gasteiger partial charge in [0.25, 0.3) is 0 Å². The van der Waals surface area contributed by atoms with Crippen molar-refractivity contribution in [1.82, 2.24) is 5.32 Å². The van der Waals surface area contributed by atoms with E-state index in [0.29, 0.717) is 6.61 Å².